The first-order chi connectivity index (χ1) is 15.4. The number of halogens is 1. The zero-order valence-corrected chi connectivity index (χ0v) is 23.0. The van der Waals surface area contributed by atoms with Crippen molar-refractivity contribution in [1.82, 2.24) is 20.5 Å². The van der Waals surface area contributed by atoms with Crippen molar-refractivity contribution in [3.63, 3.8) is 0 Å². The number of aromatic nitrogens is 1. The minimum absolute atomic E-state index is 0. The highest BCUT2D eigenvalue weighted by molar-refractivity contribution is 14.0. The first kappa shape index (κ1) is 27.7. The van der Waals surface area contributed by atoms with Crippen LogP contribution in [0.1, 0.15) is 71.8 Å². The van der Waals surface area contributed by atoms with E-state index < -0.39 is 0 Å². The van der Waals surface area contributed by atoms with Crippen molar-refractivity contribution in [1.29, 1.82) is 0 Å². The van der Waals surface area contributed by atoms with Gasteiger partial charge in [0.25, 0.3) is 0 Å². The number of amides is 1. The molecule has 1 aromatic heterocycles. The maximum Gasteiger partial charge on any atom is 0.225 e. The Morgan fingerprint density at radius 2 is 1.91 bits per heavy atom. The molecule has 7 nitrogen and oxygen atoms in total. The number of piperidine rings is 1. The lowest BCUT2D eigenvalue weighted by Gasteiger charge is -2.34. The van der Waals surface area contributed by atoms with E-state index in [2.05, 4.69) is 29.5 Å². The summed E-state index contributed by atoms with van der Waals surface area (Å²) in [4.78, 5) is 23.4. The molecule has 1 aromatic rings. The third-order valence-corrected chi connectivity index (χ3v) is 6.45. The fraction of sp³-hybridized carbons (Fsp3) is 0.720. The monoisotopic (exact) mass is 571 g/mol. The molecule has 0 atom stereocenters. The van der Waals surface area contributed by atoms with Crippen LogP contribution in [0, 0.1) is 11.8 Å². The number of carbonyl (C=O) groups is 1. The van der Waals surface area contributed by atoms with Gasteiger partial charge >= 0.3 is 0 Å². The molecule has 0 bridgehead atoms. The Morgan fingerprint density at radius 1 is 1.21 bits per heavy atom. The number of hydrogen-bond donors (Lipinski definition) is 2. The number of likely N-dealkylation sites (tertiary alicyclic amines) is 1. The smallest absolute Gasteiger partial charge is 0.225 e. The molecule has 2 heterocycles. The van der Waals surface area contributed by atoms with Crippen LogP contribution in [0.2, 0.25) is 0 Å². The van der Waals surface area contributed by atoms with Crippen LogP contribution in [0.3, 0.4) is 0 Å². The number of guanidine groups is 1. The Bertz CT molecular complexity index is 757. The second kappa shape index (κ2) is 14.0. The van der Waals surface area contributed by atoms with E-state index in [1.165, 1.54) is 12.8 Å². The van der Waals surface area contributed by atoms with E-state index in [9.17, 15) is 4.79 Å². The molecule has 1 amide bonds. The van der Waals surface area contributed by atoms with Crippen molar-refractivity contribution in [2.75, 3.05) is 19.6 Å². The Hall–Kier alpha value is -1.58. The molecule has 1 aliphatic heterocycles. The molecule has 1 aliphatic carbocycles. The molecule has 0 aromatic carbocycles. The molecule has 3 rings (SSSR count). The quantitative estimate of drug-likeness (QED) is 0.289. The van der Waals surface area contributed by atoms with Crippen molar-refractivity contribution in [2.24, 2.45) is 16.8 Å². The maximum absolute atomic E-state index is 12.2. The summed E-state index contributed by atoms with van der Waals surface area (Å²) >= 11 is 0. The lowest BCUT2D eigenvalue weighted by atomic mass is 9.89. The number of pyridine rings is 1. The van der Waals surface area contributed by atoms with Gasteiger partial charge in [0.1, 0.15) is 6.10 Å². The highest BCUT2D eigenvalue weighted by Crippen LogP contribution is 2.26. The Balaban J connectivity index is 0.00000385. The van der Waals surface area contributed by atoms with Crippen molar-refractivity contribution < 1.29 is 9.53 Å². The van der Waals surface area contributed by atoms with Gasteiger partial charge in [-0.05, 0) is 63.0 Å². The zero-order chi connectivity index (χ0) is 22.9. The SMILES string of the molecule is CCNC(=NCc1ccnc(OC2CCC(C)CC2)c1)NC1CCN(C(=O)C(C)C)CC1.I. The fourth-order valence-electron chi connectivity index (χ4n) is 4.42. The number of hydrogen-bond acceptors (Lipinski definition) is 4. The van der Waals surface area contributed by atoms with Crippen LogP contribution >= 0.6 is 24.0 Å². The molecule has 0 unspecified atom stereocenters. The van der Waals surface area contributed by atoms with Gasteiger partial charge < -0.3 is 20.3 Å². The van der Waals surface area contributed by atoms with Crippen LogP contribution in [-0.2, 0) is 11.3 Å². The summed E-state index contributed by atoms with van der Waals surface area (Å²) in [5.74, 6) is 2.65. The molecule has 2 aliphatic rings. The highest BCUT2D eigenvalue weighted by atomic mass is 127. The minimum atomic E-state index is 0. The Kier molecular flexibility index (Phi) is 11.7. The van der Waals surface area contributed by atoms with Gasteiger partial charge in [-0.2, -0.15) is 0 Å². The summed E-state index contributed by atoms with van der Waals surface area (Å²) in [6, 6.07) is 4.34. The van der Waals surface area contributed by atoms with Crippen LogP contribution in [-0.4, -0.2) is 53.5 Å². The highest BCUT2D eigenvalue weighted by Gasteiger charge is 2.24. The summed E-state index contributed by atoms with van der Waals surface area (Å²) in [5.41, 5.74) is 1.09. The third kappa shape index (κ3) is 8.94. The van der Waals surface area contributed by atoms with Crippen LogP contribution in [0.4, 0.5) is 0 Å². The molecule has 0 radical (unpaired) electrons. The number of aliphatic imine (C=N–C) groups is 1. The number of nitrogens with zero attached hydrogens (tertiary/aromatic N) is 3. The molecule has 2 N–H and O–H groups in total. The number of nitrogens with one attached hydrogen (secondary N) is 2. The van der Waals surface area contributed by atoms with Gasteiger partial charge in [-0.15, -0.1) is 24.0 Å². The van der Waals surface area contributed by atoms with E-state index >= 15 is 0 Å². The van der Waals surface area contributed by atoms with Crippen LogP contribution < -0.4 is 15.4 Å². The zero-order valence-electron chi connectivity index (χ0n) is 20.7. The van der Waals surface area contributed by atoms with Gasteiger partial charge in [-0.3, -0.25) is 4.79 Å². The normalized spacial score (nSPS) is 22.0. The lowest BCUT2D eigenvalue weighted by molar-refractivity contribution is -0.135. The van der Waals surface area contributed by atoms with E-state index in [1.807, 2.05) is 37.1 Å². The number of rotatable bonds is 7. The first-order valence-electron chi connectivity index (χ1n) is 12.4. The van der Waals surface area contributed by atoms with Crippen molar-refractivity contribution >= 4 is 35.8 Å². The molecular formula is C25H42IN5O2. The predicted molar refractivity (Wildman–Crippen MR) is 144 cm³/mol. The maximum atomic E-state index is 12.2. The van der Waals surface area contributed by atoms with Gasteiger partial charge in [0.15, 0.2) is 5.96 Å². The average Bonchev–Trinajstić information content (AvgIpc) is 2.79. The summed E-state index contributed by atoms with van der Waals surface area (Å²) in [5, 5.41) is 6.90. The van der Waals surface area contributed by atoms with E-state index in [4.69, 9.17) is 9.73 Å². The summed E-state index contributed by atoms with van der Waals surface area (Å²) in [6.45, 7) is 11.3. The van der Waals surface area contributed by atoms with E-state index in [0.29, 0.717) is 18.5 Å². The van der Waals surface area contributed by atoms with Gasteiger partial charge in [-0.25, -0.2) is 9.98 Å². The van der Waals surface area contributed by atoms with Crippen molar-refractivity contribution in [3.8, 4) is 5.88 Å². The van der Waals surface area contributed by atoms with Gasteiger partial charge in [0.2, 0.25) is 11.8 Å². The molecule has 186 valence electrons. The Labute approximate surface area is 216 Å². The lowest BCUT2D eigenvalue weighted by Crippen LogP contribution is -2.50. The second-order valence-corrected chi connectivity index (χ2v) is 9.60. The van der Waals surface area contributed by atoms with Gasteiger partial charge in [0, 0.05) is 43.9 Å². The van der Waals surface area contributed by atoms with Crippen molar-refractivity contribution in [3.05, 3.63) is 23.9 Å². The van der Waals surface area contributed by atoms with E-state index in [-0.39, 0.29) is 41.9 Å². The number of carbonyl (C=O) groups excluding carboxylic acids is 1. The molecule has 8 heteroatoms. The first-order valence-corrected chi connectivity index (χ1v) is 12.4. The largest absolute Gasteiger partial charge is 0.474 e. The second-order valence-electron chi connectivity index (χ2n) is 9.60. The molecule has 1 saturated heterocycles. The van der Waals surface area contributed by atoms with Crippen LogP contribution in [0.15, 0.2) is 23.3 Å². The molecule has 2 fully saturated rings. The van der Waals surface area contributed by atoms with Crippen LogP contribution in [0.5, 0.6) is 5.88 Å². The van der Waals surface area contributed by atoms with Gasteiger partial charge in [0.05, 0.1) is 6.54 Å². The predicted octanol–water partition coefficient (Wildman–Crippen LogP) is 4.36. The topological polar surface area (TPSA) is 78.9 Å². The molecule has 1 saturated carbocycles. The molecule has 33 heavy (non-hydrogen) atoms. The number of ether oxygens (including phenoxy) is 1. The minimum Gasteiger partial charge on any atom is -0.474 e. The average molecular weight is 572 g/mol. The van der Waals surface area contributed by atoms with Crippen molar-refractivity contribution in [2.45, 2.75) is 84.9 Å². The molecule has 0 spiro atoms. The fourth-order valence-corrected chi connectivity index (χ4v) is 4.42. The van der Waals surface area contributed by atoms with Gasteiger partial charge in [-0.1, -0.05) is 20.8 Å². The van der Waals surface area contributed by atoms with E-state index in [1.54, 1.807) is 0 Å². The molecular weight excluding hydrogens is 529 g/mol. The van der Waals surface area contributed by atoms with Crippen LogP contribution in [0.25, 0.3) is 0 Å². The summed E-state index contributed by atoms with van der Waals surface area (Å²) < 4.78 is 6.14. The van der Waals surface area contributed by atoms with E-state index in [0.717, 1.165) is 62.8 Å². The standard InChI is InChI=1S/C25H41N5O2.HI/c1-5-26-25(29-21-11-14-30(15-12-21)24(31)18(2)3)28-17-20-10-13-27-23(16-20)32-22-8-6-19(4)7-9-22;/h10,13,16,18-19,21-22H,5-9,11-12,14-15,17H2,1-4H3,(H2,26,28,29);1H. The summed E-state index contributed by atoms with van der Waals surface area (Å²) in [6.07, 6.45) is 8.67. The summed E-state index contributed by atoms with van der Waals surface area (Å²) in [7, 11) is 0. The third-order valence-electron chi connectivity index (χ3n) is 6.45. The Morgan fingerprint density at radius 3 is 2.55 bits per heavy atom.